The van der Waals surface area contributed by atoms with E-state index in [1.54, 1.807) is 24.3 Å². The Balaban J connectivity index is 1.51. The van der Waals surface area contributed by atoms with E-state index in [0.717, 1.165) is 36.1 Å². The van der Waals surface area contributed by atoms with Gasteiger partial charge in [-0.2, -0.15) is 13.2 Å². The number of nitrogens with zero attached hydrogens (tertiary/aromatic N) is 2. The molecule has 14 heteroatoms. The summed E-state index contributed by atoms with van der Waals surface area (Å²) in [6.45, 7) is 0.0316. The summed E-state index contributed by atoms with van der Waals surface area (Å²) in [7, 11) is -3.81. The van der Waals surface area contributed by atoms with Crippen LogP contribution in [0.15, 0.2) is 60.7 Å². The Morgan fingerprint density at radius 2 is 1.89 bits per heavy atom. The van der Waals surface area contributed by atoms with Crippen molar-refractivity contribution in [2.45, 2.75) is 38.2 Å². The third-order valence-electron chi connectivity index (χ3n) is 6.69. The lowest BCUT2D eigenvalue weighted by molar-refractivity contribution is -0.146. The molecule has 0 aliphatic carbocycles. The number of sulfonamides is 1. The van der Waals surface area contributed by atoms with Crippen molar-refractivity contribution in [3.8, 4) is 12.3 Å². The Bertz CT molecular complexity index is 1760. The average molecular weight is 645 g/mol. The molecule has 1 atom stereocenters. The number of esters is 1. The molecule has 1 amide bonds. The Hall–Kier alpha value is -4.90. The van der Waals surface area contributed by atoms with Gasteiger partial charge in [0.2, 0.25) is 15.9 Å². The second kappa shape index (κ2) is 13.8. The standard InChI is InChI=1S/C31H28F4N4O5S/c1-3-22-16-21(17-24(32)28(22)38-45(2,42)43)18-36-27(40)14-12-23-11-13-26(31(33,34)35)37-29(23)39-15-7-10-25(39)30(41)44-19-20-8-5-4-6-9-20/h1,4-6,8-9,11-14,16-17,25,38H,7,10,15,18-19H2,2H3,(H,36,40)/t25-/m0/s1. The molecule has 0 radical (unpaired) electrons. The number of halogens is 4. The van der Waals surface area contributed by atoms with E-state index in [2.05, 4.69) is 16.2 Å². The second-order valence-corrected chi connectivity index (χ2v) is 11.9. The predicted octanol–water partition coefficient (Wildman–Crippen LogP) is 4.63. The van der Waals surface area contributed by atoms with Crippen molar-refractivity contribution in [2.24, 2.45) is 0 Å². The van der Waals surface area contributed by atoms with Gasteiger partial charge in [0, 0.05) is 24.7 Å². The Kier molecular flexibility index (Phi) is 10.1. The molecule has 0 unspecified atom stereocenters. The zero-order valence-electron chi connectivity index (χ0n) is 23.9. The third-order valence-corrected chi connectivity index (χ3v) is 7.27. The molecule has 2 aromatic carbocycles. The summed E-state index contributed by atoms with van der Waals surface area (Å²) in [5.41, 5.74) is -0.515. The molecule has 2 N–H and O–H groups in total. The van der Waals surface area contributed by atoms with Gasteiger partial charge in [-0.1, -0.05) is 36.3 Å². The van der Waals surface area contributed by atoms with E-state index in [1.807, 2.05) is 10.8 Å². The van der Waals surface area contributed by atoms with Gasteiger partial charge in [0.25, 0.3) is 0 Å². The van der Waals surface area contributed by atoms with E-state index in [9.17, 15) is 35.6 Å². The smallest absolute Gasteiger partial charge is 0.433 e. The minimum atomic E-state index is -4.75. The van der Waals surface area contributed by atoms with Gasteiger partial charge >= 0.3 is 12.1 Å². The lowest BCUT2D eigenvalue weighted by atomic mass is 10.1. The van der Waals surface area contributed by atoms with Crippen LogP contribution in [0.2, 0.25) is 0 Å². The summed E-state index contributed by atoms with van der Waals surface area (Å²) in [4.78, 5) is 30.8. The fourth-order valence-electron chi connectivity index (χ4n) is 4.65. The molecule has 3 aromatic rings. The maximum atomic E-state index is 14.6. The number of carbonyl (C=O) groups is 2. The van der Waals surface area contributed by atoms with Crippen molar-refractivity contribution >= 4 is 39.5 Å². The van der Waals surface area contributed by atoms with Crippen molar-refractivity contribution in [2.75, 3.05) is 22.4 Å². The maximum Gasteiger partial charge on any atom is 0.433 e. The van der Waals surface area contributed by atoms with Crippen LogP contribution in [0.25, 0.3) is 6.08 Å². The van der Waals surface area contributed by atoms with E-state index in [4.69, 9.17) is 11.2 Å². The SMILES string of the molecule is C#Cc1cc(CNC(=O)C=Cc2ccc(C(F)(F)F)nc2N2CCC[C@H]2C(=O)OCc2ccccc2)cc(F)c1NS(C)(=O)=O. The molecule has 0 bridgehead atoms. The number of rotatable bonds is 10. The third kappa shape index (κ3) is 8.82. The molecule has 1 saturated heterocycles. The highest BCUT2D eigenvalue weighted by Crippen LogP contribution is 2.34. The highest BCUT2D eigenvalue weighted by atomic mass is 32.2. The summed E-state index contributed by atoms with van der Waals surface area (Å²) in [5, 5.41) is 2.51. The summed E-state index contributed by atoms with van der Waals surface area (Å²) in [5.74, 6) is -0.181. The minimum absolute atomic E-state index is 0.00333. The molecule has 1 fully saturated rings. The van der Waals surface area contributed by atoms with Crippen LogP contribution in [0.4, 0.5) is 29.1 Å². The lowest BCUT2D eigenvalue weighted by Crippen LogP contribution is -2.38. The summed E-state index contributed by atoms with van der Waals surface area (Å²) >= 11 is 0. The van der Waals surface area contributed by atoms with Crippen LogP contribution in [0.1, 0.15) is 40.8 Å². The van der Waals surface area contributed by atoms with Crippen LogP contribution in [-0.2, 0) is 43.7 Å². The zero-order chi connectivity index (χ0) is 32.8. The average Bonchev–Trinajstić information content (AvgIpc) is 3.48. The number of amides is 1. The summed E-state index contributed by atoms with van der Waals surface area (Å²) in [6.07, 6.45) is 4.63. The van der Waals surface area contributed by atoms with Gasteiger partial charge in [-0.05, 0) is 54.3 Å². The van der Waals surface area contributed by atoms with Crippen molar-refractivity contribution in [1.29, 1.82) is 0 Å². The highest BCUT2D eigenvalue weighted by molar-refractivity contribution is 7.92. The van der Waals surface area contributed by atoms with Gasteiger partial charge in [-0.25, -0.2) is 22.6 Å². The first-order chi connectivity index (χ1) is 21.2. The van der Waals surface area contributed by atoms with E-state index in [-0.39, 0.29) is 42.2 Å². The first kappa shape index (κ1) is 33.0. The number of alkyl halides is 3. The molecular formula is C31H28F4N4O5S. The first-order valence-corrected chi connectivity index (χ1v) is 15.4. The van der Waals surface area contributed by atoms with E-state index in [1.165, 1.54) is 17.0 Å². The molecule has 4 rings (SSSR count). The minimum Gasteiger partial charge on any atom is -0.459 e. The Morgan fingerprint density at radius 1 is 1.16 bits per heavy atom. The van der Waals surface area contributed by atoms with E-state index >= 15 is 0 Å². The van der Waals surface area contributed by atoms with Crippen LogP contribution in [0, 0.1) is 18.2 Å². The molecule has 2 heterocycles. The van der Waals surface area contributed by atoms with Crippen LogP contribution in [0.3, 0.4) is 0 Å². The number of nitrogens with one attached hydrogen (secondary N) is 2. The van der Waals surface area contributed by atoms with Gasteiger partial charge in [0.15, 0.2) is 0 Å². The number of aromatic nitrogens is 1. The molecular weight excluding hydrogens is 616 g/mol. The van der Waals surface area contributed by atoms with Crippen molar-refractivity contribution in [3.05, 3.63) is 94.4 Å². The van der Waals surface area contributed by atoms with Crippen LogP contribution < -0.4 is 14.9 Å². The number of carbonyl (C=O) groups excluding carboxylic acids is 2. The summed E-state index contributed by atoms with van der Waals surface area (Å²) < 4.78 is 85.8. The number of benzene rings is 2. The topological polar surface area (TPSA) is 118 Å². The summed E-state index contributed by atoms with van der Waals surface area (Å²) in [6, 6.07) is 12.3. The fraction of sp³-hybridized carbons (Fsp3) is 0.258. The van der Waals surface area contributed by atoms with Crippen molar-refractivity contribution < 1.29 is 40.3 Å². The van der Waals surface area contributed by atoms with Gasteiger partial charge < -0.3 is 15.0 Å². The van der Waals surface area contributed by atoms with Crippen molar-refractivity contribution in [3.63, 3.8) is 0 Å². The van der Waals surface area contributed by atoms with Crippen LogP contribution in [-0.4, -0.2) is 44.1 Å². The predicted molar refractivity (Wildman–Crippen MR) is 160 cm³/mol. The first-order valence-electron chi connectivity index (χ1n) is 13.5. The van der Waals surface area contributed by atoms with Gasteiger partial charge in [-0.3, -0.25) is 9.52 Å². The molecule has 0 saturated carbocycles. The number of terminal acetylenes is 1. The molecule has 1 aliphatic rings. The van der Waals surface area contributed by atoms with E-state index in [0.29, 0.717) is 12.8 Å². The number of anilines is 2. The van der Waals surface area contributed by atoms with Crippen molar-refractivity contribution in [1.82, 2.24) is 10.3 Å². The Labute approximate surface area is 257 Å². The number of hydrogen-bond donors (Lipinski definition) is 2. The van der Waals surface area contributed by atoms with Gasteiger partial charge in [0.1, 0.15) is 30.0 Å². The van der Waals surface area contributed by atoms with Gasteiger partial charge in [0.05, 0.1) is 17.5 Å². The molecule has 236 valence electrons. The van der Waals surface area contributed by atoms with Crippen LogP contribution >= 0.6 is 0 Å². The number of pyridine rings is 1. The second-order valence-electron chi connectivity index (χ2n) is 10.1. The Morgan fingerprint density at radius 3 is 2.56 bits per heavy atom. The van der Waals surface area contributed by atoms with Gasteiger partial charge in [-0.15, -0.1) is 6.42 Å². The fourth-order valence-corrected chi connectivity index (χ4v) is 5.23. The monoisotopic (exact) mass is 644 g/mol. The highest BCUT2D eigenvalue weighted by Gasteiger charge is 2.37. The normalized spacial score (nSPS) is 15.1. The van der Waals surface area contributed by atoms with E-state index < -0.39 is 51.3 Å². The molecule has 0 spiro atoms. The maximum absolute atomic E-state index is 14.6. The quantitative estimate of drug-likeness (QED) is 0.143. The molecule has 1 aliphatic heterocycles. The number of ether oxygens (including phenoxy) is 1. The molecule has 45 heavy (non-hydrogen) atoms. The molecule has 1 aromatic heterocycles. The largest absolute Gasteiger partial charge is 0.459 e. The lowest BCUT2D eigenvalue weighted by Gasteiger charge is -2.26. The number of hydrogen-bond acceptors (Lipinski definition) is 7. The van der Waals surface area contributed by atoms with Crippen LogP contribution in [0.5, 0.6) is 0 Å². The zero-order valence-corrected chi connectivity index (χ0v) is 24.7. The molecule has 9 nitrogen and oxygen atoms in total.